The van der Waals surface area contributed by atoms with Gasteiger partial charge >= 0.3 is 0 Å². The maximum atomic E-state index is 5.45. The molecule has 0 saturated carbocycles. The molecular formula is C15H13N3S2. The standard InChI is InChI=1S/C15H13N3S2/c16-15(19)17-12-7-5-10(6-8-12)13-9-11-3-1-2-4-14(11)20-18-13/h1-9,18H,(H3,16,17,19). The fourth-order valence-electron chi connectivity index (χ4n) is 2.01. The molecule has 0 aliphatic carbocycles. The Kier molecular flexibility index (Phi) is 3.62. The van der Waals surface area contributed by atoms with Gasteiger partial charge in [-0.15, -0.1) is 0 Å². The maximum absolute atomic E-state index is 5.45. The van der Waals surface area contributed by atoms with Crippen LogP contribution in [-0.2, 0) is 0 Å². The number of hydrogen-bond donors (Lipinski definition) is 3. The van der Waals surface area contributed by atoms with Gasteiger partial charge < -0.3 is 15.8 Å². The molecule has 0 spiro atoms. The molecule has 2 aromatic rings. The molecule has 0 unspecified atom stereocenters. The molecule has 0 amide bonds. The van der Waals surface area contributed by atoms with Crippen LogP contribution in [0.2, 0.25) is 0 Å². The van der Waals surface area contributed by atoms with Crippen LogP contribution in [0.1, 0.15) is 11.1 Å². The highest BCUT2D eigenvalue weighted by Crippen LogP contribution is 2.31. The lowest BCUT2D eigenvalue weighted by molar-refractivity contribution is 1.32. The normalized spacial score (nSPS) is 12.9. The van der Waals surface area contributed by atoms with E-state index in [1.54, 1.807) is 11.9 Å². The van der Waals surface area contributed by atoms with E-state index < -0.39 is 0 Å². The molecule has 1 heterocycles. The zero-order valence-corrected chi connectivity index (χ0v) is 12.2. The van der Waals surface area contributed by atoms with Crippen LogP contribution < -0.4 is 15.8 Å². The average Bonchev–Trinajstić information content (AvgIpc) is 2.47. The van der Waals surface area contributed by atoms with Crippen LogP contribution >= 0.6 is 24.2 Å². The summed E-state index contributed by atoms with van der Waals surface area (Å²) in [5.74, 6) is 0. The van der Waals surface area contributed by atoms with Crippen molar-refractivity contribution in [1.29, 1.82) is 0 Å². The largest absolute Gasteiger partial charge is 0.376 e. The Bertz CT molecular complexity index is 678. The van der Waals surface area contributed by atoms with E-state index in [2.05, 4.69) is 28.2 Å². The molecule has 0 radical (unpaired) electrons. The molecule has 0 saturated heterocycles. The highest BCUT2D eigenvalue weighted by atomic mass is 32.2. The zero-order valence-electron chi connectivity index (χ0n) is 10.6. The summed E-state index contributed by atoms with van der Waals surface area (Å²) in [6.07, 6.45) is 2.15. The molecule has 1 aliphatic rings. The van der Waals surface area contributed by atoms with E-state index in [1.807, 2.05) is 36.4 Å². The van der Waals surface area contributed by atoms with E-state index in [0.717, 1.165) is 16.9 Å². The molecule has 2 aromatic carbocycles. The van der Waals surface area contributed by atoms with Crippen LogP contribution in [0.5, 0.6) is 0 Å². The Labute approximate surface area is 127 Å². The summed E-state index contributed by atoms with van der Waals surface area (Å²) in [6.45, 7) is 0. The Balaban J connectivity index is 1.87. The van der Waals surface area contributed by atoms with E-state index >= 15 is 0 Å². The van der Waals surface area contributed by atoms with Crippen LogP contribution in [0.4, 0.5) is 5.69 Å². The Hall–Kier alpha value is -1.98. The van der Waals surface area contributed by atoms with E-state index in [1.165, 1.54) is 10.5 Å². The molecule has 0 fully saturated rings. The van der Waals surface area contributed by atoms with Gasteiger partial charge in [0, 0.05) is 10.6 Å². The molecular weight excluding hydrogens is 286 g/mol. The van der Waals surface area contributed by atoms with Crippen molar-refractivity contribution in [2.75, 3.05) is 5.32 Å². The number of anilines is 1. The van der Waals surface area contributed by atoms with E-state index in [-0.39, 0.29) is 5.11 Å². The van der Waals surface area contributed by atoms with Gasteiger partial charge in [0.25, 0.3) is 0 Å². The second-order valence-electron chi connectivity index (χ2n) is 4.37. The van der Waals surface area contributed by atoms with Crippen molar-refractivity contribution in [3.05, 3.63) is 59.7 Å². The van der Waals surface area contributed by atoms with Crippen LogP contribution in [0.3, 0.4) is 0 Å². The van der Waals surface area contributed by atoms with Gasteiger partial charge in [0.1, 0.15) is 0 Å². The summed E-state index contributed by atoms with van der Waals surface area (Å²) in [7, 11) is 0. The first kappa shape index (κ1) is 13.0. The number of thiocarbonyl (C=S) groups is 1. The third kappa shape index (κ3) is 2.79. The predicted molar refractivity (Wildman–Crippen MR) is 90.2 cm³/mol. The third-order valence-electron chi connectivity index (χ3n) is 2.95. The lowest BCUT2D eigenvalue weighted by Crippen LogP contribution is -2.18. The lowest BCUT2D eigenvalue weighted by atomic mass is 10.1. The third-order valence-corrected chi connectivity index (χ3v) is 3.97. The van der Waals surface area contributed by atoms with Crippen molar-refractivity contribution in [2.45, 2.75) is 4.90 Å². The quantitative estimate of drug-likeness (QED) is 0.586. The van der Waals surface area contributed by atoms with E-state index in [9.17, 15) is 0 Å². The van der Waals surface area contributed by atoms with Crippen LogP contribution in [-0.4, -0.2) is 5.11 Å². The summed E-state index contributed by atoms with van der Waals surface area (Å²) >= 11 is 6.45. The van der Waals surface area contributed by atoms with Crippen molar-refractivity contribution in [1.82, 2.24) is 4.72 Å². The molecule has 4 N–H and O–H groups in total. The number of nitrogens with one attached hydrogen (secondary N) is 2. The van der Waals surface area contributed by atoms with Crippen molar-refractivity contribution >= 4 is 46.7 Å². The first-order chi connectivity index (χ1) is 9.72. The van der Waals surface area contributed by atoms with Gasteiger partial charge in [-0.3, -0.25) is 0 Å². The Morgan fingerprint density at radius 1 is 1.10 bits per heavy atom. The predicted octanol–water partition coefficient (Wildman–Crippen LogP) is 3.45. The van der Waals surface area contributed by atoms with Gasteiger partial charge in [-0.2, -0.15) is 0 Å². The molecule has 100 valence electrons. The van der Waals surface area contributed by atoms with Crippen molar-refractivity contribution in [3.63, 3.8) is 0 Å². The minimum atomic E-state index is 0.275. The smallest absolute Gasteiger partial charge is 0.168 e. The van der Waals surface area contributed by atoms with Gasteiger partial charge in [0.2, 0.25) is 0 Å². The van der Waals surface area contributed by atoms with Crippen LogP contribution in [0.25, 0.3) is 11.8 Å². The Morgan fingerprint density at radius 3 is 2.60 bits per heavy atom. The molecule has 0 atom stereocenters. The number of rotatable bonds is 2. The topological polar surface area (TPSA) is 50.1 Å². The first-order valence-corrected chi connectivity index (χ1v) is 7.35. The second-order valence-corrected chi connectivity index (χ2v) is 5.65. The molecule has 0 aromatic heterocycles. The SMILES string of the molecule is NC(=S)Nc1ccc(C2=Cc3ccccc3SN2)cc1. The highest BCUT2D eigenvalue weighted by Gasteiger charge is 2.11. The monoisotopic (exact) mass is 299 g/mol. The van der Waals surface area contributed by atoms with Crippen LogP contribution in [0.15, 0.2) is 53.4 Å². The van der Waals surface area contributed by atoms with Gasteiger partial charge in [-0.05, 0) is 59.6 Å². The van der Waals surface area contributed by atoms with Crippen molar-refractivity contribution < 1.29 is 0 Å². The Morgan fingerprint density at radius 2 is 1.85 bits per heavy atom. The molecule has 3 rings (SSSR count). The van der Waals surface area contributed by atoms with E-state index in [0.29, 0.717) is 0 Å². The van der Waals surface area contributed by atoms with Crippen molar-refractivity contribution in [2.24, 2.45) is 5.73 Å². The van der Waals surface area contributed by atoms with Crippen molar-refractivity contribution in [3.8, 4) is 0 Å². The number of hydrogen-bond acceptors (Lipinski definition) is 3. The number of nitrogens with two attached hydrogens (primary N) is 1. The van der Waals surface area contributed by atoms with Gasteiger partial charge in [-0.25, -0.2) is 0 Å². The molecule has 3 nitrogen and oxygen atoms in total. The molecule has 5 heteroatoms. The number of benzene rings is 2. The second kappa shape index (κ2) is 5.56. The van der Waals surface area contributed by atoms with Crippen LogP contribution in [0, 0.1) is 0 Å². The highest BCUT2D eigenvalue weighted by molar-refractivity contribution is 7.97. The summed E-state index contributed by atoms with van der Waals surface area (Å²) in [4.78, 5) is 1.24. The minimum Gasteiger partial charge on any atom is -0.376 e. The number of fused-ring (bicyclic) bond motifs is 1. The summed E-state index contributed by atoms with van der Waals surface area (Å²) in [6, 6.07) is 16.3. The van der Waals surface area contributed by atoms with Gasteiger partial charge in [0.15, 0.2) is 5.11 Å². The first-order valence-electron chi connectivity index (χ1n) is 6.13. The molecule has 1 aliphatic heterocycles. The maximum Gasteiger partial charge on any atom is 0.168 e. The van der Waals surface area contributed by atoms with Gasteiger partial charge in [0.05, 0.1) is 5.70 Å². The average molecular weight is 299 g/mol. The fraction of sp³-hybridized carbons (Fsp3) is 0. The minimum absolute atomic E-state index is 0.275. The molecule has 20 heavy (non-hydrogen) atoms. The van der Waals surface area contributed by atoms with E-state index in [4.69, 9.17) is 18.0 Å². The van der Waals surface area contributed by atoms with Gasteiger partial charge in [-0.1, -0.05) is 30.3 Å². The summed E-state index contributed by atoms with van der Waals surface area (Å²) in [5.41, 5.74) is 9.80. The summed E-state index contributed by atoms with van der Waals surface area (Å²) in [5, 5.41) is 3.19. The summed E-state index contributed by atoms with van der Waals surface area (Å²) < 4.78 is 3.36. The lowest BCUT2D eigenvalue weighted by Gasteiger charge is -2.18. The molecule has 0 bridgehead atoms. The fourth-order valence-corrected chi connectivity index (χ4v) is 2.91. The zero-order chi connectivity index (χ0) is 13.9.